The number of hydrogen-bond donors (Lipinski definition) is 9. The molecule has 0 bridgehead atoms. The fourth-order valence-electron chi connectivity index (χ4n) is 7.41. The summed E-state index contributed by atoms with van der Waals surface area (Å²) in [5.74, 6) is -0.220. The lowest BCUT2D eigenvalue weighted by atomic mass is 9.97. The first-order valence-electron chi connectivity index (χ1n) is 21.8. The van der Waals surface area contributed by atoms with Crippen molar-refractivity contribution in [3.8, 4) is 0 Å². The van der Waals surface area contributed by atoms with Gasteiger partial charge in [-0.05, 0) is 12.8 Å². The Labute approximate surface area is 330 Å². The number of ether oxygens (including phenoxy) is 4. The van der Waals surface area contributed by atoms with Gasteiger partial charge in [-0.3, -0.25) is 4.79 Å². The third-order valence-corrected chi connectivity index (χ3v) is 11.1. The largest absolute Gasteiger partial charge is 0.394 e. The zero-order valence-electron chi connectivity index (χ0n) is 33.9. The van der Waals surface area contributed by atoms with Gasteiger partial charge in [0.15, 0.2) is 12.6 Å². The molecular weight excluding hydrogens is 714 g/mol. The number of carbonyl (C=O) groups excluding carboxylic acids is 1. The molecule has 0 spiro atoms. The summed E-state index contributed by atoms with van der Waals surface area (Å²) in [5.41, 5.74) is 0. The van der Waals surface area contributed by atoms with Gasteiger partial charge in [0.05, 0.1) is 32.0 Å². The molecule has 0 aromatic carbocycles. The molecule has 2 rings (SSSR count). The second kappa shape index (κ2) is 30.1. The topological polar surface area (TPSA) is 228 Å². The maximum Gasteiger partial charge on any atom is 0.220 e. The number of amides is 1. The van der Waals surface area contributed by atoms with E-state index in [0.717, 1.165) is 57.8 Å². The van der Waals surface area contributed by atoms with E-state index in [2.05, 4.69) is 19.2 Å². The van der Waals surface area contributed by atoms with Crippen LogP contribution in [0, 0.1) is 0 Å². The molecule has 0 radical (unpaired) electrons. The van der Waals surface area contributed by atoms with Crippen molar-refractivity contribution in [3.63, 3.8) is 0 Å². The van der Waals surface area contributed by atoms with Crippen LogP contribution in [0.4, 0.5) is 0 Å². The van der Waals surface area contributed by atoms with E-state index >= 15 is 0 Å². The van der Waals surface area contributed by atoms with Crippen LogP contribution in [0.1, 0.15) is 162 Å². The molecule has 1 amide bonds. The summed E-state index contributed by atoms with van der Waals surface area (Å²) in [6.07, 6.45) is 8.83. The fourth-order valence-corrected chi connectivity index (χ4v) is 7.41. The number of carbonyl (C=O) groups is 1. The van der Waals surface area contributed by atoms with E-state index in [1.54, 1.807) is 0 Å². The summed E-state index contributed by atoms with van der Waals surface area (Å²) in [5, 5.41) is 86.2. The predicted octanol–water partition coefficient (Wildman–Crippen LogP) is 3.48. The number of aliphatic hydroxyl groups excluding tert-OH is 8. The van der Waals surface area contributed by atoms with Crippen LogP contribution in [-0.2, 0) is 23.7 Å². The molecule has 326 valence electrons. The van der Waals surface area contributed by atoms with Gasteiger partial charge in [-0.25, -0.2) is 0 Å². The van der Waals surface area contributed by atoms with E-state index in [-0.39, 0.29) is 12.5 Å². The van der Waals surface area contributed by atoms with Crippen molar-refractivity contribution in [2.24, 2.45) is 0 Å². The Morgan fingerprint density at radius 1 is 0.582 bits per heavy atom. The minimum atomic E-state index is -1.78. The predicted molar refractivity (Wildman–Crippen MR) is 208 cm³/mol. The van der Waals surface area contributed by atoms with Crippen LogP contribution in [0.3, 0.4) is 0 Å². The first-order valence-corrected chi connectivity index (χ1v) is 21.8. The van der Waals surface area contributed by atoms with Gasteiger partial charge >= 0.3 is 0 Å². The Morgan fingerprint density at radius 2 is 1.04 bits per heavy atom. The third kappa shape index (κ3) is 19.1. The minimum absolute atomic E-state index is 0.220. The number of nitrogens with one attached hydrogen (secondary N) is 1. The number of aliphatic hydroxyl groups is 8. The Morgan fingerprint density at radius 3 is 1.55 bits per heavy atom. The molecule has 2 fully saturated rings. The van der Waals surface area contributed by atoms with E-state index in [9.17, 15) is 45.6 Å². The number of rotatable bonds is 32. The first-order chi connectivity index (χ1) is 26.6. The molecule has 14 heteroatoms. The van der Waals surface area contributed by atoms with Crippen molar-refractivity contribution in [2.75, 3.05) is 19.8 Å². The Bertz CT molecular complexity index is 946. The zero-order chi connectivity index (χ0) is 40.4. The van der Waals surface area contributed by atoms with Crippen LogP contribution >= 0.6 is 0 Å². The molecule has 55 heavy (non-hydrogen) atoms. The zero-order valence-corrected chi connectivity index (χ0v) is 33.9. The van der Waals surface area contributed by atoms with Crippen molar-refractivity contribution < 1.29 is 64.6 Å². The van der Waals surface area contributed by atoms with Crippen LogP contribution in [0.2, 0.25) is 0 Å². The lowest BCUT2D eigenvalue weighted by Crippen LogP contribution is -2.65. The lowest BCUT2D eigenvalue weighted by molar-refractivity contribution is -0.359. The van der Waals surface area contributed by atoms with Gasteiger partial charge in [0.1, 0.15) is 48.8 Å². The number of unbranched alkanes of at least 4 members (excludes halogenated alkanes) is 19. The summed E-state index contributed by atoms with van der Waals surface area (Å²) < 4.78 is 22.6. The molecule has 0 aromatic rings. The van der Waals surface area contributed by atoms with Gasteiger partial charge in [-0.15, -0.1) is 0 Å². The van der Waals surface area contributed by atoms with Crippen LogP contribution in [0.5, 0.6) is 0 Å². The van der Waals surface area contributed by atoms with E-state index in [0.29, 0.717) is 12.8 Å². The van der Waals surface area contributed by atoms with Gasteiger partial charge in [0.2, 0.25) is 5.91 Å². The van der Waals surface area contributed by atoms with E-state index in [1.807, 2.05) is 0 Å². The van der Waals surface area contributed by atoms with Gasteiger partial charge in [0.25, 0.3) is 0 Å². The van der Waals surface area contributed by atoms with Crippen LogP contribution in [-0.4, -0.2) is 140 Å². The smallest absolute Gasteiger partial charge is 0.220 e. The SMILES string of the molecule is CCCCCCCCCCCCCCCCCCC(O)C(COC1OC(CO)C(OC2OC(CO)C(O)C(O)C2O)C(O)C1O)NC(=O)CCCCCCC. The van der Waals surface area contributed by atoms with Crippen molar-refractivity contribution >= 4 is 5.91 Å². The molecule has 2 saturated heterocycles. The highest BCUT2D eigenvalue weighted by molar-refractivity contribution is 5.76. The van der Waals surface area contributed by atoms with Crippen LogP contribution in [0.25, 0.3) is 0 Å². The fraction of sp³-hybridized carbons (Fsp3) is 0.976. The molecule has 0 aliphatic carbocycles. The minimum Gasteiger partial charge on any atom is -0.394 e. The Balaban J connectivity index is 1.83. The van der Waals surface area contributed by atoms with E-state index in [1.165, 1.54) is 77.0 Å². The molecule has 14 nitrogen and oxygen atoms in total. The van der Waals surface area contributed by atoms with Gasteiger partial charge in [0, 0.05) is 6.42 Å². The summed E-state index contributed by atoms with van der Waals surface area (Å²) in [6.45, 7) is 2.73. The molecule has 0 saturated carbocycles. The number of hydrogen-bond acceptors (Lipinski definition) is 13. The van der Waals surface area contributed by atoms with Crippen molar-refractivity contribution in [1.29, 1.82) is 0 Å². The summed E-state index contributed by atoms with van der Waals surface area (Å²) in [6, 6.07) is -0.817. The highest BCUT2D eigenvalue weighted by atomic mass is 16.7. The van der Waals surface area contributed by atoms with E-state index < -0.39 is 86.8 Å². The van der Waals surface area contributed by atoms with Gasteiger partial charge in [-0.1, -0.05) is 142 Å². The maximum atomic E-state index is 12.9. The average molecular weight is 794 g/mol. The Hall–Kier alpha value is -1.01. The molecule has 0 aromatic heterocycles. The first kappa shape index (κ1) is 50.1. The molecule has 2 aliphatic heterocycles. The summed E-state index contributed by atoms with van der Waals surface area (Å²) in [7, 11) is 0. The molecule has 12 atom stereocenters. The lowest BCUT2D eigenvalue weighted by Gasteiger charge is -2.46. The molecular formula is C41H79NO13. The Kier molecular flexibility index (Phi) is 27.4. The van der Waals surface area contributed by atoms with Crippen molar-refractivity contribution in [2.45, 2.75) is 235 Å². The second-order valence-corrected chi connectivity index (χ2v) is 15.8. The molecule has 2 aliphatic rings. The summed E-state index contributed by atoms with van der Waals surface area (Å²) in [4.78, 5) is 12.9. The highest BCUT2D eigenvalue weighted by Crippen LogP contribution is 2.30. The molecule has 2 heterocycles. The second-order valence-electron chi connectivity index (χ2n) is 15.8. The normalized spacial score (nSPS) is 29.6. The van der Waals surface area contributed by atoms with Crippen molar-refractivity contribution in [1.82, 2.24) is 5.32 Å². The standard InChI is InChI=1S/C41H79NO13/c1-3-5-7-9-10-11-12-13-14-15-16-17-18-19-21-22-24-30(45)29(42-33(46)25-23-20-8-6-4-2)28-52-40-38(51)36(49)39(32(27-44)54-40)55-41-37(50)35(48)34(47)31(26-43)53-41/h29-32,34-41,43-45,47-51H,3-28H2,1-2H3,(H,42,46). The highest BCUT2D eigenvalue weighted by Gasteiger charge is 2.51. The third-order valence-electron chi connectivity index (χ3n) is 11.1. The van der Waals surface area contributed by atoms with Gasteiger partial charge in [-0.2, -0.15) is 0 Å². The maximum absolute atomic E-state index is 12.9. The quantitative estimate of drug-likeness (QED) is 0.0445. The van der Waals surface area contributed by atoms with Gasteiger partial charge < -0.3 is 65.1 Å². The average Bonchev–Trinajstić information content (AvgIpc) is 3.18. The molecule has 12 unspecified atom stereocenters. The van der Waals surface area contributed by atoms with Crippen molar-refractivity contribution in [3.05, 3.63) is 0 Å². The monoisotopic (exact) mass is 794 g/mol. The molecule has 9 N–H and O–H groups in total. The van der Waals surface area contributed by atoms with Crippen LogP contribution < -0.4 is 5.32 Å². The van der Waals surface area contributed by atoms with Crippen LogP contribution in [0.15, 0.2) is 0 Å². The summed E-state index contributed by atoms with van der Waals surface area (Å²) >= 11 is 0. The van der Waals surface area contributed by atoms with E-state index in [4.69, 9.17) is 18.9 Å².